The number of hydrogen-bond donors (Lipinski definition) is 2. The summed E-state index contributed by atoms with van der Waals surface area (Å²) in [6, 6.07) is 8.08. The van der Waals surface area contributed by atoms with Crippen molar-refractivity contribution in [3.05, 3.63) is 35.9 Å². The van der Waals surface area contributed by atoms with Gasteiger partial charge in [0, 0.05) is 6.54 Å². The van der Waals surface area contributed by atoms with Crippen LogP contribution >= 0.6 is 0 Å². The van der Waals surface area contributed by atoms with E-state index in [9.17, 15) is 8.78 Å². The summed E-state index contributed by atoms with van der Waals surface area (Å²) < 4.78 is 24.4. The Morgan fingerprint density at radius 3 is 2.36 bits per heavy atom. The number of halogens is 2. The molecule has 78 valence electrons. The topological polar surface area (TPSA) is 32.3 Å². The highest BCUT2D eigenvalue weighted by Crippen LogP contribution is 2.03. The molecule has 1 atom stereocenters. The van der Waals surface area contributed by atoms with E-state index in [4.69, 9.17) is 5.11 Å². The quantitative estimate of drug-likeness (QED) is 0.754. The van der Waals surface area contributed by atoms with Crippen molar-refractivity contribution in [1.82, 2.24) is 5.32 Å². The zero-order valence-electron chi connectivity index (χ0n) is 7.66. The normalized spacial score (nSPS) is 13.1. The van der Waals surface area contributed by atoms with Gasteiger partial charge in [-0.1, -0.05) is 30.3 Å². The summed E-state index contributed by atoms with van der Waals surface area (Å²) in [5.74, 6) is 0. The fraction of sp³-hybridized carbons (Fsp3) is 0.400. The lowest BCUT2D eigenvalue weighted by Crippen LogP contribution is -2.38. The molecule has 0 aliphatic carbocycles. The van der Waals surface area contributed by atoms with Crippen LogP contribution in [0.25, 0.3) is 0 Å². The molecular formula is C10H13F2NO. The number of aliphatic hydroxyl groups excluding tert-OH is 1. The molecule has 0 saturated carbocycles. The van der Waals surface area contributed by atoms with Gasteiger partial charge in [0.15, 0.2) is 0 Å². The van der Waals surface area contributed by atoms with Gasteiger partial charge < -0.3 is 10.4 Å². The molecule has 0 bridgehead atoms. The molecule has 0 aromatic heterocycles. The van der Waals surface area contributed by atoms with Crippen molar-refractivity contribution in [2.75, 3.05) is 6.61 Å². The van der Waals surface area contributed by atoms with Crippen LogP contribution in [0.15, 0.2) is 30.3 Å². The Kier molecular flexibility index (Phi) is 4.49. The number of alkyl halides is 2. The van der Waals surface area contributed by atoms with Gasteiger partial charge in [0.2, 0.25) is 0 Å². The zero-order chi connectivity index (χ0) is 10.4. The summed E-state index contributed by atoms with van der Waals surface area (Å²) >= 11 is 0. The average molecular weight is 201 g/mol. The molecule has 1 aromatic rings. The fourth-order valence-corrected chi connectivity index (χ4v) is 1.08. The van der Waals surface area contributed by atoms with E-state index >= 15 is 0 Å². The minimum atomic E-state index is -2.54. The fourth-order valence-electron chi connectivity index (χ4n) is 1.08. The van der Waals surface area contributed by atoms with E-state index in [-0.39, 0.29) is 0 Å². The molecule has 0 aliphatic rings. The first-order valence-electron chi connectivity index (χ1n) is 4.40. The van der Waals surface area contributed by atoms with E-state index in [0.29, 0.717) is 6.54 Å². The van der Waals surface area contributed by atoms with Gasteiger partial charge in [-0.05, 0) is 5.56 Å². The predicted molar refractivity (Wildman–Crippen MR) is 50.2 cm³/mol. The van der Waals surface area contributed by atoms with Crippen LogP contribution in [0.2, 0.25) is 0 Å². The molecule has 2 nitrogen and oxygen atoms in total. The summed E-state index contributed by atoms with van der Waals surface area (Å²) in [5, 5.41) is 11.2. The number of rotatable bonds is 5. The maximum Gasteiger partial charge on any atom is 0.255 e. The van der Waals surface area contributed by atoms with Crippen LogP contribution in [0.3, 0.4) is 0 Å². The lowest BCUT2D eigenvalue weighted by molar-refractivity contribution is 0.0646. The van der Waals surface area contributed by atoms with Crippen LogP contribution in [-0.4, -0.2) is 24.2 Å². The van der Waals surface area contributed by atoms with Gasteiger partial charge in [-0.3, -0.25) is 0 Å². The van der Waals surface area contributed by atoms with E-state index < -0.39 is 19.1 Å². The van der Waals surface area contributed by atoms with Crippen LogP contribution in [0.1, 0.15) is 5.56 Å². The molecular weight excluding hydrogens is 188 g/mol. The lowest BCUT2D eigenvalue weighted by Gasteiger charge is -2.14. The maximum absolute atomic E-state index is 12.2. The highest BCUT2D eigenvalue weighted by molar-refractivity contribution is 5.14. The Hall–Kier alpha value is -1.00. The van der Waals surface area contributed by atoms with Gasteiger partial charge in [-0.15, -0.1) is 0 Å². The minimum absolute atomic E-state index is 0.344. The highest BCUT2D eigenvalue weighted by Gasteiger charge is 2.17. The van der Waals surface area contributed by atoms with Crippen molar-refractivity contribution in [3.8, 4) is 0 Å². The first-order valence-corrected chi connectivity index (χ1v) is 4.40. The molecule has 1 rings (SSSR count). The average Bonchev–Trinajstić information content (AvgIpc) is 2.20. The number of nitrogens with one attached hydrogen (secondary N) is 1. The van der Waals surface area contributed by atoms with Gasteiger partial charge in [0.05, 0.1) is 12.6 Å². The van der Waals surface area contributed by atoms with E-state index in [1.807, 2.05) is 30.3 Å². The number of aliphatic hydroxyl groups is 1. The van der Waals surface area contributed by atoms with E-state index in [1.54, 1.807) is 0 Å². The molecule has 0 amide bonds. The van der Waals surface area contributed by atoms with Gasteiger partial charge in [-0.2, -0.15) is 0 Å². The number of hydrogen-bond acceptors (Lipinski definition) is 2. The lowest BCUT2D eigenvalue weighted by atomic mass is 10.2. The third-order valence-electron chi connectivity index (χ3n) is 1.91. The van der Waals surface area contributed by atoms with Gasteiger partial charge in [-0.25, -0.2) is 8.78 Å². The monoisotopic (exact) mass is 201 g/mol. The second-order valence-electron chi connectivity index (χ2n) is 2.99. The first kappa shape index (κ1) is 11.1. The SMILES string of the molecule is OCC(NCc1ccccc1)C(F)F. The zero-order valence-corrected chi connectivity index (χ0v) is 7.66. The molecule has 0 radical (unpaired) electrons. The second kappa shape index (κ2) is 5.67. The Morgan fingerprint density at radius 2 is 1.86 bits per heavy atom. The van der Waals surface area contributed by atoms with Crippen molar-refractivity contribution in [1.29, 1.82) is 0 Å². The third kappa shape index (κ3) is 3.40. The van der Waals surface area contributed by atoms with Crippen LogP contribution in [0.5, 0.6) is 0 Å². The molecule has 2 N–H and O–H groups in total. The van der Waals surface area contributed by atoms with E-state index in [1.165, 1.54) is 0 Å². The van der Waals surface area contributed by atoms with Crippen LogP contribution in [0, 0.1) is 0 Å². The van der Waals surface area contributed by atoms with Crippen molar-refractivity contribution >= 4 is 0 Å². The molecule has 4 heteroatoms. The van der Waals surface area contributed by atoms with Gasteiger partial charge >= 0.3 is 0 Å². The van der Waals surface area contributed by atoms with Crippen molar-refractivity contribution in [3.63, 3.8) is 0 Å². The summed E-state index contributed by atoms with van der Waals surface area (Å²) in [4.78, 5) is 0. The number of benzene rings is 1. The van der Waals surface area contributed by atoms with Crippen molar-refractivity contribution < 1.29 is 13.9 Å². The smallest absolute Gasteiger partial charge is 0.255 e. The predicted octanol–water partition coefficient (Wildman–Crippen LogP) is 1.40. The first-order chi connectivity index (χ1) is 6.74. The molecule has 0 aliphatic heterocycles. The molecule has 14 heavy (non-hydrogen) atoms. The standard InChI is InChI=1S/C10H13F2NO/c11-10(12)9(7-14)13-6-8-4-2-1-3-5-8/h1-5,9-10,13-14H,6-7H2. The summed E-state index contributed by atoms with van der Waals surface area (Å²) in [6.45, 7) is -0.207. The molecule has 1 unspecified atom stereocenters. The summed E-state index contributed by atoms with van der Waals surface area (Å²) in [5.41, 5.74) is 0.923. The molecule has 0 saturated heterocycles. The Labute approximate surface area is 81.6 Å². The molecule has 0 fully saturated rings. The molecule has 1 aromatic carbocycles. The van der Waals surface area contributed by atoms with Crippen LogP contribution in [0.4, 0.5) is 8.78 Å². The van der Waals surface area contributed by atoms with Crippen LogP contribution < -0.4 is 5.32 Å². The summed E-state index contributed by atoms with van der Waals surface area (Å²) in [6.07, 6.45) is -2.54. The largest absolute Gasteiger partial charge is 0.395 e. The summed E-state index contributed by atoms with van der Waals surface area (Å²) in [7, 11) is 0. The highest BCUT2D eigenvalue weighted by atomic mass is 19.3. The Morgan fingerprint density at radius 1 is 1.21 bits per heavy atom. The Bertz CT molecular complexity index is 254. The van der Waals surface area contributed by atoms with E-state index in [2.05, 4.69) is 5.32 Å². The Balaban J connectivity index is 2.40. The van der Waals surface area contributed by atoms with Gasteiger partial charge in [0.25, 0.3) is 6.43 Å². The molecule has 0 heterocycles. The second-order valence-corrected chi connectivity index (χ2v) is 2.99. The minimum Gasteiger partial charge on any atom is -0.395 e. The van der Waals surface area contributed by atoms with Crippen LogP contribution in [-0.2, 0) is 6.54 Å². The maximum atomic E-state index is 12.2. The third-order valence-corrected chi connectivity index (χ3v) is 1.91. The molecule has 0 spiro atoms. The van der Waals surface area contributed by atoms with Crippen molar-refractivity contribution in [2.45, 2.75) is 19.0 Å². The van der Waals surface area contributed by atoms with Gasteiger partial charge in [0.1, 0.15) is 0 Å². The van der Waals surface area contributed by atoms with E-state index in [0.717, 1.165) is 5.56 Å². The van der Waals surface area contributed by atoms with Crippen molar-refractivity contribution in [2.24, 2.45) is 0 Å².